The van der Waals surface area contributed by atoms with Crippen LogP contribution >= 0.6 is 0 Å². The highest BCUT2D eigenvalue weighted by atomic mass is 16.5. The number of aromatic amines is 1. The Balaban J connectivity index is 1.22. The lowest BCUT2D eigenvalue weighted by Crippen LogP contribution is -2.59. The van der Waals surface area contributed by atoms with Crippen LogP contribution in [-0.4, -0.2) is 70.5 Å². The van der Waals surface area contributed by atoms with Crippen LogP contribution in [0.4, 0.5) is 0 Å². The summed E-state index contributed by atoms with van der Waals surface area (Å²) >= 11 is 0. The van der Waals surface area contributed by atoms with E-state index in [0.29, 0.717) is 23.4 Å². The first-order chi connectivity index (χ1) is 28.7. The third-order valence-electron chi connectivity index (χ3n) is 10.3. The molecule has 2 aliphatic rings. The molecule has 0 aliphatic carbocycles. The zero-order valence-corrected chi connectivity index (χ0v) is 32.2. The van der Waals surface area contributed by atoms with Crippen molar-refractivity contribution < 1.29 is 33.8 Å². The lowest BCUT2D eigenvalue weighted by Gasteiger charge is -2.26. The Kier molecular flexibility index (Phi) is 12.8. The van der Waals surface area contributed by atoms with E-state index in [2.05, 4.69) is 26.3 Å². The average Bonchev–Trinajstić information content (AvgIpc) is 3.67. The molecule has 6 N–H and O–H groups in total. The molecule has 12 nitrogen and oxygen atoms in total. The van der Waals surface area contributed by atoms with Crippen LogP contribution in [0.3, 0.4) is 0 Å². The van der Waals surface area contributed by atoms with E-state index in [1.165, 1.54) is 0 Å². The average molecular weight is 792 g/mol. The molecule has 0 saturated heterocycles. The number of rotatable bonds is 9. The Hall–Kier alpha value is -7.21. The van der Waals surface area contributed by atoms with E-state index in [-0.39, 0.29) is 25.7 Å². The molecule has 0 radical (unpaired) electrons. The molecule has 6 aromatic rings. The summed E-state index contributed by atoms with van der Waals surface area (Å²) in [6.07, 6.45) is 0.607. The highest BCUT2D eigenvalue weighted by Gasteiger charge is 2.32. The fraction of sp³-hybridized carbons (Fsp3) is 0.213. The topological polar surface area (TPSA) is 179 Å². The van der Waals surface area contributed by atoms with Gasteiger partial charge in [-0.05, 0) is 70.3 Å². The standard InChI is InChI=1S/C47H45N5O7/c53-43-29-59-37-22-17-32(18-23-37)26-42(47(57)58)52-44(54)39(24-19-30-9-3-1-4-10-30)50-45(55)40(25-31-15-20-34(21-16-31)33-11-5-2-6-12-33)51-46(56)41(49-43)28-36-27-35-13-7-8-14-38(35)48-36/h1-18,20-23,27,39-42,48H,19,24-26,28-29H2,(H,49,53)(H,50,55)(H,51,56)(H,52,54)(H,57,58). The maximum Gasteiger partial charge on any atom is 0.326 e. The number of ether oxygens (including phenoxy) is 1. The molecule has 2 aliphatic heterocycles. The number of carboxylic acid groups (broad SMARTS) is 1. The number of aromatic nitrogens is 1. The van der Waals surface area contributed by atoms with Gasteiger partial charge >= 0.3 is 5.97 Å². The number of benzene rings is 5. The van der Waals surface area contributed by atoms with E-state index in [0.717, 1.165) is 33.2 Å². The van der Waals surface area contributed by atoms with Crippen molar-refractivity contribution in [1.82, 2.24) is 26.3 Å². The zero-order chi connectivity index (χ0) is 41.1. The van der Waals surface area contributed by atoms with Crippen molar-refractivity contribution >= 4 is 40.5 Å². The summed E-state index contributed by atoms with van der Waals surface area (Å²) in [6, 6.07) is 38.1. The SMILES string of the molecule is O=C1COc2ccc(cc2)CC(C(=O)O)NC(=O)C(CCc2ccccc2)NC(=O)C(Cc2ccc(-c3ccccc3)cc2)NC(=O)C(Cc2cc3ccccc3[nH]2)N1. The molecule has 4 amide bonds. The molecule has 8 rings (SSSR count). The quantitative estimate of drug-likeness (QED) is 0.113. The minimum absolute atomic E-state index is 0.0432. The summed E-state index contributed by atoms with van der Waals surface area (Å²) in [7, 11) is 0. The van der Waals surface area contributed by atoms with Crippen LogP contribution in [0.25, 0.3) is 22.0 Å². The first kappa shape index (κ1) is 40.0. The number of para-hydroxylation sites is 1. The third kappa shape index (κ3) is 10.8. The van der Waals surface area contributed by atoms with Crippen LogP contribution in [0.5, 0.6) is 5.75 Å². The van der Waals surface area contributed by atoms with Crippen molar-refractivity contribution in [1.29, 1.82) is 0 Å². The van der Waals surface area contributed by atoms with Crippen LogP contribution in [0.15, 0.2) is 140 Å². The number of hydrogen-bond donors (Lipinski definition) is 6. The molecule has 300 valence electrons. The van der Waals surface area contributed by atoms with Crippen LogP contribution in [0, 0.1) is 0 Å². The number of amides is 4. The highest BCUT2D eigenvalue weighted by molar-refractivity contribution is 5.95. The number of hydrogen-bond acceptors (Lipinski definition) is 6. The van der Waals surface area contributed by atoms with Crippen LogP contribution < -0.4 is 26.0 Å². The molecular formula is C47H45N5O7. The number of carbonyl (C=O) groups excluding carboxylic acids is 4. The van der Waals surface area contributed by atoms with Crippen molar-refractivity contribution in [3.63, 3.8) is 0 Å². The normalized spacial score (nSPS) is 19.3. The van der Waals surface area contributed by atoms with E-state index in [9.17, 15) is 29.1 Å². The molecule has 3 heterocycles. The molecule has 5 aromatic carbocycles. The minimum Gasteiger partial charge on any atom is -0.484 e. The fourth-order valence-corrected chi connectivity index (χ4v) is 7.17. The molecule has 0 spiro atoms. The lowest BCUT2D eigenvalue weighted by atomic mass is 9.99. The maximum absolute atomic E-state index is 14.5. The van der Waals surface area contributed by atoms with Crippen LogP contribution in [0.2, 0.25) is 0 Å². The van der Waals surface area contributed by atoms with E-state index in [4.69, 9.17) is 4.74 Å². The third-order valence-corrected chi connectivity index (χ3v) is 10.3. The van der Waals surface area contributed by atoms with Crippen molar-refractivity contribution in [3.8, 4) is 16.9 Å². The van der Waals surface area contributed by atoms with Gasteiger partial charge in [0.05, 0.1) is 0 Å². The van der Waals surface area contributed by atoms with Crippen LogP contribution in [0.1, 0.15) is 28.8 Å². The van der Waals surface area contributed by atoms with E-state index >= 15 is 0 Å². The Labute approximate surface area is 341 Å². The van der Waals surface area contributed by atoms with E-state index < -0.39 is 60.4 Å². The van der Waals surface area contributed by atoms with E-state index in [1.54, 1.807) is 24.3 Å². The van der Waals surface area contributed by atoms with Gasteiger partial charge in [-0.25, -0.2) is 4.79 Å². The number of H-pyrrole nitrogens is 1. The molecule has 12 heteroatoms. The summed E-state index contributed by atoms with van der Waals surface area (Å²) in [5.41, 5.74) is 5.77. The predicted molar refractivity (Wildman–Crippen MR) is 223 cm³/mol. The van der Waals surface area contributed by atoms with Gasteiger partial charge in [-0.1, -0.05) is 115 Å². The van der Waals surface area contributed by atoms with Gasteiger partial charge in [0.2, 0.25) is 17.7 Å². The van der Waals surface area contributed by atoms with Gasteiger partial charge in [-0.3, -0.25) is 19.2 Å². The van der Waals surface area contributed by atoms with Gasteiger partial charge in [0.25, 0.3) is 5.91 Å². The monoisotopic (exact) mass is 791 g/mol. The number of aryl methyl sites for hydroxylation is 1. The van der Waals surface area contributed by atoms with Crippen LogP contribution in [-0.2, 0) is 49.7 Å². The molecule has 59 heavy (non-hydrogen) atoms. The first-order valence-electron chi connectivity index (χ1n) is 19.6. The molecule has 0 saturated carbocycles. The Bertz CT molecular complexity index is 2370. The fourth-order valence-electron chi connectivity index (χ4n) is 7.17. The highest BCUT2D eigenvalue weighted by Crippen LogP contribution is 2.21. The summed E-state index contributed by atoms with van der Waals surface area (Å²) < 4.78 is 5.74. The van der Waals surface area contributed by atoms with Gasteiger partial charge in [0.1, 0.15) is 29.9 Å². The second kappa shape index (κ2) is 18.8. The summed E-state index contributed by atoms with van der Waals surface area (Å²) in [4.78, 5) is 72.0. The molecule has 2 bridgehead atoms. The van der Waals surface area contributed by atoms with Crippen molar-refractivity contribution in [2.75, 3.05) is 6.61 Å². The van der Waals surface area contributed by atoms with E-state index in [1.807, 2.05) is 115 Å². The van der Waals surface area contributed by atoms with Gasteiger partial charge in [0, 0.05) is 30.5 Å². The number of fused-ring (bicyclic) bond motifs is 17. The predicted octanol–water partition coefficient (Wildman–Crippen LogP) is 4.91. The first-order valence-corrected chi connectivity index (χ1v) is 19.6. The zero-order valence-electron chi connectivity index (χ0n) is 32.2. The summed E-state index contributed by atoms with van der Waals surface area (Å²) in [5, 5.41) is 22.3. The van der Waals surface area contributed by atoms with Crippen molar-refractivity contribution in [3.05, 3.63) is 162 Å². The molecular weight excluding hydrogens is 747 g/mol. The van der Waals surface area contributed by atoms with Gasteiger partial charge in [-0.15, -0.1) is 0 Å². The lowest BCUT2D eigenvalue weighted by molar-refractivity contribution is -0.142. The molecule has 4 atom stereocenters. The number of nitrogens with one attached hydrogen (secondary N) is 5. The molecule has 0 fully saturated rings. The number of carboxylic acids is 1. The second-order valence-corrected chi connectivity index (χ2v) is 14.7. The maximum atomic E-state index is 14.5. The summed E-state index contributed by atoms with van der Waals surface area (Å²) in [6.45, 7) is -0.412. The Morgan fingerprint density at radius 2 is 1.22 bits per heavy atom. The second-order valence-electron chi connectivity index (χ2n) is 14.7. The minimum atomic E-state index is -1.32. The summed E-state index contributed by atoms with van der Waals surface area (Å²) in [5.74, 6) is -3.43. The number of carbonyl (C=O) groups is 5. The van der Waals surface area contributed by atoms with Crippen molar-refractivity contribution in [2.45, 2.75) is 56.3 Å². The molecule has 4 unspecified atom stereocenters. The van der Waals surface area contributed by atoms with Gasteiger partial charge in [0.15, 0.2) is 6.61 Å². The van der Waals surface area contributed by atoms with Gasteiger partial charge < -0.3 is 36.1 Å². The molecule has 1 aromatic heterocycles. The Morgan fingerprint density at radius 3 is 1.92 bits per heavy atom. The van der Waals surface area contributed by atoms with Gasteiger partial charge in [-0.2, -0.15) is 0 Å². The largest absolute Gasteiger partial charge is 0.484 e. The van der Waals surface area contributed by atoms with Crippen molar-refractivity contribution in [2.24, 2.45) is 0 Å². The number of aliphatic carboxylic acids is 1. The smallest absolute Gasteiger partial charge is 0.326 e. The Morgan fingerprint density at radius 1 is 0.610 bits per heavy atom.